The molecule has 10 heteroatoms. The molecule has 28 heavy (non-hydrogen) atoms. The van der Waals surface area contributed by atoms with E-state index in [0.717, 1.165) is 12.3 Å². The smallest absolute Gasteiger partial charge is 0.340 e. The second kappa shape index (κ2) is 8.94. The van der Waals surface area contributed by atoms with Crippen molar-refractivity contribution < 1.29 is 32.2 Å². The molecule has 0 aliphatic rings. The van der Waals surface area contributed by atoms with Crippen LogP contribution >= 0.6 is 11.6 Å². The van der Waals surface area contributed by atoms with Gasteiger partial charge >= 0.3 is 5.97 Å². The van der Waals surface area contributed by atoms with Gasteiger partial charge in [-0.1, -0.05) is 11.6 Å². The molecule has 0 bridgehead atoms. The molecule has 0 fully saturated rings. The minimum Gasteiger partial charge on any atom is -0.497 e. The fraction of sp³-hybridized carbons (Fsp3) is 0.222. The number of methoxy groups -OCH3 is 2. The Labute approximate surface area is 167 Å². The number of benzene rings is 2. The number of sulfone groups is 1. The molecule has 0 unspecified atom stereocenters. The number of esters is 1. The molecule has 2 aromatic carbocycles. The molecule has 0 radical (unpaired) electrons. The third-order valence-corrected chi connectivity index (χ3v) is 5.00. The highest BCUT2D eigenvalue weighted by molar-refractivity contribution is 7.90. The van der Waals surface area contributed by atoms with Crippen LogP contribution in [0.4, 0.5) is 5.69 Å². The Morgan fingerprint density at radius 1 is 1.04 bits per heavy atom. The lowest BCUT2D eigenvalue weighted by molar-refractivity contribution is -0.119. The Morgan fingerprint density at radius 3 is 2.18 bits per heavy atom. The second-order valence-corrected chi connectivity index (χ2v) is 8.06. The Kier molecular flexibility index (Phi) is 6.87. The molecule has 8 nitrogen and oxygen atoms in total. The molecule has 0 spiro atoms. The van der Waals surface area contributed by atoms with Crippen LogP contribution in [0.25, 0.3) is 0 Å². The summed E-state index contributed by atoms with van der Waals surface area (Å²) in [6.07, 6.45) is 1.00. The van der Waals surface area contributed by atoms with Gasteiger partial charge in [0.2, 0.25) is 0 Å². The number of anilines is 1. The van der Waals surface area contributed by atoms with E-state index in [4.69, 9.17) is 25.8 Å². The first-order valence-electron chi connectivity index (χ1n) is 7.83. The van der Waals surface area contributed by atoms with Crippen molar-refractivity contribution in [1.82, 2.24) is 0 Å². The molecule has 0 saturated heterocycles. The molecule has 150 valence electrons. The van der Waals surface area contributed by atoms with Gasteiger partial charge in [0.1, 0.15) is 11.5 Å². The molecule has 0 heterocycles. The van der Waals surface area contributed by atoms with E-state index in [-0.39, 0.29) is 15.5 Å². The minimum absolute atomic E-state index is 0.00957. The van der Waals surface area contributed by atoms with Crippen molar-refractivity contribution in [2.45, 2.75) is 4.90 Å². The summed E-state index contributed by atoms with van der Waals surface area (Å²) in [4.78, 5) is 24.2. The molecule has 0 aromatic heterocycles. The highest BCUT2D eigenvalue weighted by atomic mass is 35.5. The number of carbonyl (C=O) groups excluding carboxylic acids is 2. The standard InChI is InChI=1S/C18H18ClNO7S/c1-25-12-6-11(7-13(8-12)26-2)20-17(21)10-27-18(22)15-9-14(28(3,23)24)4-5-16(15)19/h4-9H,10H2,1-3H3,(H,20,21). The first-order chi connectivity index (χ1) is 13.1. The molecule has 0 saturated carbocycles. The van der Waals surface area contributed by atoms with Crippen molar-refractivity contribution in [1.29, 1.82) is 0 Å². The van der Waals surface area contributed by atoms with Crippen molar-refractivity contribution in [2.24, 2.45) is 0 Å². The first-order valence-corrected chi connectivity index (χ1v) is 10.1. The molecule has 2 aromatic rings. The van der Waals surface area contributed by atoms with Gasteiger partial charge in [-0.2, -0.15) is 0 Å². The molecule has 1 N–H and O–H groups in total. The van der Waals surface area contributed by atoms with Crippen LogP contribution in [0.2, 0.25) is 5.02 Å². The Hall–Kier alpha value is -2.78. The summed E-state index contributed by atoms with van der Waals surface area (Å²) in [6.45, 7) is -0.599. The molecule has 0 atom stereocenters. The van der Waals surface area contributed by atoms with Crippen molar-refractivity contribution in [2.75, 3.05) is 32.4 Å². The Morgan fingerprint density at radius 2 is 1.64 bits per heavy atom. The van der Waals surface area contributed by atoms with Gasteiger partial charge in [-0.15, -0.1) is 0 Å². The van der Waals surface area contributed by atoms with Crippen LogP contribution in [0.15, 0.2) is 41.3 Å². The Balaban J connectivity index is 2.06. The highest BCUT2D eigenvalue weighted by Crippen LogP contribution is 2.26. The van der Waals surface area contributed by atoms with E-state index < -0.39 is 28.3 Å². The van der Waals surface area contributed by atoms with Crippen LogP contribution in [0.5, 0.6) is 11.5 Å². The topological polar surface area (TPSA) is 108 Å². The van der Waals surface area contributed by atoms with E-state index in [0.29, 0.717) is 17.2 Å². The van der Waals surface area contributed by atoms with Gasteiger partial charge in [0.05, 0.1) is 29.7 Å². The van der Waals surface area contributed by atoms with E-state index in [1.54, 1.807) is 18.2 Å². The van der Waals surface area contributed by atoms with Gasteiger partial charge in [-0.05, 0) is 18.2 Å². The fourth-order valence-corrected chi connectivity index (χ4v) is 3.02. The van der Waals surface area contributed by atoms with Gasteiger partial charge in [-0.3, -0.25) is 4.79 Å². The molecular formula is C18H18ClNO7S. The van der Waals surface area contributed by atoms with Gasteiger partial charge in [-0.25, -0.2) is 13.2 Å². The van der Waals surface area contributed by atoms with Crippen LogP contribution in [0.1, 0.15) is 10.4 Å². The van der Waals surface area contributed by atoms with E-state index in [1.807, 2.05) is 0 Å². The van der Waals surface area contributed by atoms with E-state index >= 15 is 0 Å². The maximum absolute atomic E-state index is 12.2. The van der Waals surface area contributed by atoms with E-state index in [1.165, 1.54) is 26.4 Å². The van der Waals surface area contributed by atoms with Crippen molar-refractivity contribution in [3.05, 3.63) is 47.0 Å². The third-order valence-electron chi connectivity index (χ3n) is 3.56. The number of ether oxygens (including phenoxy) is 3. The first kappa shape index (κ1) is 21.5. The average Bonchev–Trinajstić information content (AvgIpc) is 2.65. The van der Waals surface area contributed by atoms with Crippen LogP contribution < -0.4 is 14.8 Å². The highest BCUT2D eigenvalue weighted by Gasteiger charge is 2.18. The number of nitrogens with one attached hydrogen (secondary N) is 1. The molecule has 1 amide bonds. The quantitative estimate of drug-likeness (QED) is 0.676. The van der Waals surface area contributed by atoms with Crippen LogP contribution in [0.3, 0.4) is 0 Å². The number of hydrogen-bond acceptors (Lipinski definition) is 7. The number of amides is 1. The monoisotopic (exact) mass is 427 g/mol. The average molecular weight is 428 g/mol. The molecule has 0 aliphatic heterocycles. The van der Waals surface area contributed by atoms with Gasteiger partial charge in [0.25, 0.3) is 5.91 Å². The number of halogens is 1. The summed E-state index contributed by atoms with van der Waals surface area (Å²) >= 11 is 5.93. The maximum atomic E-state index is 12.2. The minimum atomic E-state index is -3.53. The lowest BCUT2D eigenvalue weighted by atomic mass is 10.2. The zero-order valence-electron chi connectivity index (χ0n) is 15.3. The number of carbonyl (C=O) groups is 2. The van der Waals surface area contributed by atoms with Gasteiger partial charge < -0.3 is 19.5 Å². The SMILES string of the molecule is COc1cc(NC(=O)COC(=O)c2cc(S(C)(=O)=O)ccc2Cl)cc(OC)c1. The summed E-state index contributed by atoms with van der Waals surface area (Å²) in [5, 5.41) is 2.55. The van der Waals surface area contributed by atoms with Crippen LogP contribution in [-0.2, 0) is 19.4 Å². The largest absolute Gasteiger partial charge is 0.497 e. The zero-order chi connectivity index (χ0) is 20.9. The predicted molar refractivity (Wildman–Crippen MR) is 103 cm³/mol. The van der Waals surface area contributed by atoms with Crippen molar-refractivity contribution in [3.8, 4) is 11.5 Å². The van der Waals surface area contributed by atoms with Crippen LogP contribution in [0, 0.1) is 0 Å². The van der Waals surface area contributed by atoms with Gasteiger partial charge in [0.15, 0.2) is 16.4 Å². The van der Waals surface area contributed by atoms with E-state index in [9.17, 15) is 18.0 Å². The Bertz CT molecular complexity index is 983. The second-order valence-electron chi connectivity index (χ2n) is 5.64. The fourth-order valence-electron chi connectivity index (χ4n) is 2.18. The van der Waals surface area contributed by atoms with Crippen LogP contribution in [-0.4, -0.2) is 47.4 Å². The molecular weight excluding hydrogens is 410 g/mol. The van der Waals surface area contributed by atoms with Gasteiger partial charge in [0, 0.05) is 30.1 Å². The molecule has 0 aliphatic carbocycles. The van der Waals surface area contributed by atoms with E-state index in [2.05, 4.69) is 5.32 Å². The lowest BCUT2D eigenvalue weighted by Crippen LogP contribution is -2.21. The number of hydrogen-bond donors (Lipinski definition) is 1. The van der Waals surface area contributed by atoms with Crippen molar-refractivity contribution >= 4 is 39.0 Å². The summed E-state index contributed by atoms with van der Waals surface area (Å²) < 4.78 is 38.4. The normalized spacial score (nSPS) is 10.9. The number of rotatable bonds is 7. The molecule has 2 rings (SSSR count). The maximum Gasteiger partial charge on any atom is 0.340 e. The summed E-state index contributed by atoms with van der Waals surface area (Å²) in [5.74, 6) is -0.597. The summed E-state index contributed by atoms with van der Waals surface area (Å²) in [6, 6.07) is 8.41. The lowest BCUT2D eigenvalue weighted by Gasteiger charge is -2.11. The predicted octanol–water partition coefficient (Wildman–Crippen LogP) is 2.56. The zero-order valence-corrected chi connectivity index (χ0v) is 16.9. The van der Waals surface area contributed by atoms with Crippen molar-refractivity contribution in [3.63, 3.8) is 0 Å². The third kappa shape index (κ3) is 5.61. The summed E-state index contributed by atoms with van der Waals surface area (Å²) in [7, 11) is -0.593. The summed E-state index contributed by atoms with van der Waals surface area (Å²) in [5.41, 5.74) is 0.231.